The highest BCUT2D eigenvalue weighted by Crippen LogP contribution is 2.25. The van der Waals surface area contributed by atoms with Gasteiger partial charge in [0.05, 0.1) is 0 Å². The van der Waals surface area contributed by atoms with Gasteiger partial charge < -0.3 is 10.2 Å². The van der Waals surface area contributed by atoms with E-state index in [0.717, 1.165) is 32.1 Å². The summed E-state index contributed by atoms with van der Waals surface area (Å²) in [6.07, 6.45) is 5.83. The van der Waals surface area contributed by atoms with Crippen molar-refractivity contribution in [2.45, 2.75) is 70.9 Å². The molecule has 1 atom stereocenters. The molecule has 0 saturated carbocycles. The van der Waals surface area contributed by atoms with E-state index in [1.165, 1.54) is 21.6 Å². The molecule has 2 amide bonds. The predicted molar refractivity (Wildman–Crippen MR) is 122 cm³/mol. The summed E-state index contributed by atoms with van der Waals surface area (Å²) in [4.78, 5) is 41.4. The van der Waals surface area contributed by atoms with Crippen LogP contribution < -0.4 is 5.32 Å². The van der Waals surface area contributed by atoms with Gasteiger partial charge in [0.15, 0.2) is 5.78 Å². The third-order valence-corrected chi connectivity index (χ3v) is 7.35. The van der Waals surface area contributed by atoms with Crippen LogP contribution >= 0.6 is 11.3 Å². The van der Waals surface area contributed by atoms with Crippen LogP contribution in [0.2, 0.25) is 0 Å². The summed E-state index contributed by atoms with van der Waals surface area (Å²) in [5, 5.41) is 4.97. The molecule has 2 aliphatic rings. The van der Waals surface area contributed by atoms with Crippen molar-refractivity contribution in [1.82, 2.24) is 10.2 Å². The first-order valence-electron chi connectivity index (χ1n) is 11.3. The molecular weight excluding hydrogens is 408 g/mol. The van der Waals surface area contributed by atoms with E-state index in [9.17, 15) is 14.4 Å². The van der Waals surface area contributed by atoms with Gasteiger partial charge in [0.2, 0.25) is 11.8 Å². The monoisotopic (exact) mass is 438 g/mol. The molecule has 0 fully saturated rings. The summed E-state index contributed by atoms with van der Waals surface area (Å²) >= 11 is 1.74. The van der Waals surface area contributed by atoms with Crippen molar-refractivity contribution in [1.29, 1.82) is 0 Å². The average molecular weight is 439 g/mol. The number of hydrogen-bond donors (Lipinski definition) is 1. The molecule has 0 radical (unpaired) electrons. The molecule has 0 bridgehead atoms. The normalized spacial score (nSPS) is 15.8. The first-order chi connectivity index (χ1) is 15.0. The van der Waals surface area contributed by atoms with Gasteiger partial charge in [-0.3, -0.25) is 14.4 Å². The molecule has 1 aliphatic carbocycles. The number of ketones is 1. The average Bonchev–Trinajstić information content (AvgIpc) is 3.44. The molecule has 4 rings (SSSR count). The first kappa shape index (κ1) is 21.8. The van der Waals surface area contributed by atoms with E-state index in [-0.39, 0.29) is 30.4 Å². The van der Waals surface area contributed by atoms with Crippen LogP contribution in [0.4, 0.5) is 0 Å². The van der Waals surface area contributed by atoms with Gasteiger partial charge in [-0.25, -0.2) is 0 Å². The minimum absolute atomic E-state index is 0.00997. The number of hydrogen-bond acceptors (Lipinski definition) is 4. The molecule has 1 aliphatic heterocycles. The lowest BCUT2D eigenvalue weighted by Gasteiger charge is -2.31. The summed E-state index contributed by atoms with van der Waals surface area (Å²) < 4.78 is 0. The van der Waals surface area contributed by atoms with E-state index >= 15 is 0 Å². The lowest BCUT2D eigenvalue weighted by Crippen LogP contribution is -2.49. The molecular formula is C25H30N2O3S. The van der Waals surface area contributed by atoms with E-state index in [1.807, 2.05) is 30.0 Å². The minimum Gasteiger partial charge on any atom is -0.344 e. The van der Waals surface area contributed by atoms with Crippen LogP contribution in [0.1, 0.15) is 71.0 Å². The Balaban J connectivity index is 1.31. The van der Waals surface area contributed by atoms with Crippen molar-refractivity contribution in [2.75, 3.05) is 6.54 Å². The van der Waals surface area contributed by atoms with Crippen molar-refractivity contribution < 1.29 is 14.4 Å². The predicted octanol–water partition coefficient (Wildman–Crippen LogP) is 4.07. The van der Waals surface area contributed by atoms with Crippen molar-refractivity contribution in [3.63, 3.8) is 0 Å². The van der Waals surface area contributed by atoms with Crippen molar-refractivity contribution in [2.24, 2.45) is 0 Å². The molecule has 0 saturated heterocycles. The van der Waals surface area contributed by atoms with E-state index in [4.69, 9.17) is 0 Å². The Morgan fingerprint density at radius 1 is 1.06 bits per heavy atom. The summed E-state index contributed by atoms with van der Waals surface area (Å²) in [7, 11) is 0. The number of aryl methyl sites for hydroxylation is 2. The standard InChI is InChI=1S/C25H30N2O3S/c1-2-4-21(25(30)27-13-11-23-20(16-27)12-14-31-23)26-24(29)10-9-22(28)19-8-7-17-5-3-6-18(17)15-19/h7-8,12,14-15,21H,2-6,9-11,13,16H2,1H3,(H,26,29). The number of benzene rings is 1. The van der Waals surface area contributed by atoms with Crippen molar-refractivity contribution >= 4 is 28.9 Å². The topological polar surface area (TPSA) is 66.5 Å². The summed E-state index contributed by atoms with van der Waals surface area (Å²) in [6.45, 7) is 3.32. The maximum atomic E-state index is 13.1. The second-order valence-electron chi connectivity index (χ2n) is 8.55. The Labute approximate surface area is 187 Å². The fraction of sp³-hybridized carbons (Fsp3) is 0.480. The van der Waals surface area contributed by atoms with E-state index in [0.29, 0.717) is 25.1 Å². The van der Waals surface area contributed by atoms with Crippen LogP contribution in [0, 0.1) is 0 Å². The zero-order valence-corrected chi connectivity index (χ0v) is 18.9. The minimum atomic E-state index is -0.521. The number of amides is 2. The van der Waals surface area contributed by atoms with E-state index in [1.54, 1.807) is 11.3 Å². The van der Waals surface area contributed by atoms with Gasteiger partial charge in [-0.1, -0.05) is 25.5 Å². The van der Waals surface area contributed by atoms with Gasteiger partial charge in [0.25, 0.3) is 0 Å². The van der Waals surface area contributed by atoms with Crippen LogP contribution in [-0.4, -0.2) is 35.1 Å². The third-order valence-electron chi connectivity index (χ3n) is 6.33. The number of thiophene rings is 1. The summed E-state index contributed by atoms with van der Waals surface area (Å²) in [6, 6.07) is 7.47. The maximum absolute atomic E-state index is 13.1. The summed E-state index contributed by atoms with van der Waals surface area (Å²) in [5.74, 6) is -0.254. The van der Waals surface area contributed by atoms with Crippen molar-refractivity contribution in [3.05, 3.63) is 56.8 Å². The molecule has 1 aromatic carbocycles. The van der Waals surface area contributed by atoms with Crippen LogP contribution in [0.5, 0.6) is 0 Å². The first-order valence-corrected chi connectivity index (χ1v) is 12.2. The fourth-order valence-corrected chi connectivity index (χ4v) is 5.48. The zero-order chi connectivity index (χ0) is 21.8. The molecule has 164 valence electrons. The van der Waals surface area contributed by atoms with Crippen molar-refractivity contribution in [3.8, 4) is 0 Å². The smallest absolute Gasteiger partial charge is 0.245 e. The third kappa shape index (κ3) is 5.06. The van der Waals surface area contributed by atoms with Gasteiger partial charge >= 0.3 is 0 Å². The van der Waals surface area contributed by atoms with E-state index in [2.05, 4.69) is 16.8 Å². The number of nitrogens with one attached hydrogen (secondary N) is 1. The van der Waals surface area contributed by atoms with Gasteiger partial charge in [-0.05, 0) is 66.3 Å². The fourth-order valence-electron chi connectivity index (χ4n) is 4.59. The van der Waals surface area contributed by atoms with Crippen LogP contribution in [0.25, 0.3) is 0 Å². The lowest BCUT2D eigenvalue weighted by atomic mass is 10.0. The molecule has 31 heavy (non-hydrogen) atoms. The largest absolute Gasteiger partial charge is 0.344 e. The molecule has 1 unspecified atom stereocenters. The Kier molecular flexibility index (Phi) is 6.86. The number of carbonyl (C=O) groups excluding carboxylic acids is 3. The molecule has 1 aromatic heterocycles. The van der Waals surface area contributed by atoms with Gasteiger partial charge in [0.1, 0.15) is 6.04 Å². The number of nitrogens with zero attached hydrogens (tertiary/aromatic N) is 1. The highest BCUT2D eigenvalue weighted by molar-refractivity contribution is 7.10. The number of Topliss-reactive ketones (excluding diaryl/α,β-unsaturated/α-hetero) is 1. The highest BCUT2D eigenvalue weighted by atomic mass is 32.1. The Morgan fingerprint density at radius 3 is 2.74 bits per heavy atom. The number of fused-ring (bicyclic) bond motifs is 2. The molecule has 6 heteroatoms. The van der Waals surface area contributed by atoms with E-state index < -0.39 is 6.04 Å². The molecule has 2 heterocycles. The van der Waals surface area contributed by atoms with Gasteiger partial charge in [0, 0.05) is 36.4 Å². The Morgan fingerprint density at radius 2 is 1.90 bits per heavy atom. The van der Waals surface area contributed by atoms with Gasteiger partial charge in [-0.2, -0.15) is 0 Å². The van der Waals surface area contributed by atoms with Crippen LogP contribution in [0.3, 0.4) is 0 Å². The molecule has 0 spiro atoms. The molecule has 2 aromatic rings. The zero-order valence-electron chi connectivity index (χ0n) is 18.1. The molecule has 1 N–H and O–H groups in total. The molecule has 5 nitrogen and oxygen atoms in total. The summed E-state index contributed by atoms with van der Waals surface area (Å²) in [5.41, 5.74) is 4.50. The maximum Gasteiger partial charge on any atom is 0.245 e. The van der Waals surface area contributed by atoms with Crippen LogP contribution in [0.15, 0.2) is 29.6 Å². The SMILES string of the molecule is CCCC(NC(=O)CCC(=O)c1ccc2c(c1)CCC2)C(=O)N1CCc2sccc2C1. The second-order valence-corrected chi connectivity index (χ2v) is 9.55. The Bertz CT molecular complexity index is 981. The number of rotatable bonds is 8. The lowest BCUT2D eigenvalue weighted by molar-refractivity contribution is -0.137. The Hall–Kier alpha value is -2.47. The highest BCUT2D eigenvalue weighted by Gasteiger charge is 2.28. The van der Waals surface area contributed by atoms with Crippen LogP contribution in [-0.2, 0) is 35.4 Å². The second kappa shape index (κ2) is 9.77. The number of carbonyl (C=O) groups is 3. The van der Waals surface area contributed by atoms with Gasteiger partial charge in [-0.15, -0.1) is 11.3 Å². The quantitative estimate of drug-likeness (QED) is 0.632.